The van der Waals surface area contributed by atoms with E-state index in [1.54, 1.807) is 12.4 Å². The van der Waals surface area contributed by atoms with Crippen LogP contribution in [0.25, 0.3) is 0 Å². The van der Waals surface area contributed by atoms with Gasteiger partial charge in [-0.3, -0.25) is 4.98 Å². The molecule has 4 heteroatoms. The molecule has 2 fully saturated rings. The molecule has 18 heavy (non-hydrogen) atoms. The number of piperidine rings is 1. The van der Waals surface area contributed by atoms with Crippen LogP contribution in [-0.2, 0) is 0 Å². The number of nitrogens with one attached hydrogen (secondary N) is 1. The van der Waals surface area contributed by atoms with Crippen LogP contribution in [0.3, 0.4) is 0 Å². The SMILES string of the molecule is C=C1CC2CCC(C1)N2C(=O)Nc1cccnc1. The molecule has 2 bridgehead atoms. The molecule has 2 saturated heterocycles. The van der Waals surface area contributed by atoms with Crippen molar-refractivity contribution in [1.82, 2.24) is 9.88 Å². The number of rotatable bonds is 1. The molecule has 1 N–H and O–H groups in total. The van der Waals surface area contributed by atoms with E-state index < -0.39 is 0 Å². The first-order valence-electron chi connectivity index (χ1n) is 6.40. The minimum Gasteiger partial charge on any atom is -0.318 e. The first-order chi connectivity index (χ1) is 8.74. The molecule has 4 nitrogen and oxygen atoms in total. The predicted octanol–water partition coefficient (Wildman–Crippen LogP) is 2.80. The van der Waals surface area contributed by atoms with Crippen LogP contribution in [0.1, 0.15) is 25.7 Å². The van der Waals surface area contributed by atoms with Crippen molar-refractivity contribution in [2.45, 2.75) is 37.8 Å². The van der Waals surface area contributed by atoms with Gasteiger partial charge in [-0.2, -0.15) is 0 Å². The maximum Gasteiger partial charge on any atom is 0.322 e. The Morgan fingerprint density at radius 2 is 2.11 bits per heavy atom. The molecule has 2 aliphatic rings. The Balaban J connectivity index is 1.72. The molecular weight excluding hydrogens is 226 g/mol. The van der Waals surface area contributed by atoms with Gasteiger partial charge < -0.3 is 10.2 Å². The van der Waals surface area contributed by atoms with Crippen molar-refractivity contribution < 1.29 is 4.79 Å². The number of carbonyl (C=O) groups excluding carboxylic acids is 1. The minimum absolute atomic E-state index is 0.00278. The number of anilines is 1. The Morgan fingerprint density at radius 1 is 1.39 bits per heavy atom. The number of carbonyl (C=O) groups is 1. The fraction of sp³-hybridized carbons (Fsp3) is 0.429. The van der Waals surface area contributed by atoms with Crippen molar-refractivity contribution in [1.29, 1.82) is 0 Å². The summed E-state index contributed by atoms with van der Waals surface area (Å²) in [7, 11) is 0. The predicted molar refractivity (Wildman–Crippen MR) is 70.3 cm³/mol. The summed E-state index contributed by atoms with van der Waals surface area (Å²) < 4.78 is 0. The average molecular weight is 243 g/mol. The lowest BCUT2D eigenvalue weighted by Crippen LogP contribution is -2.46. The summed E-state index contributed by atoms with van der Waals surface area (Å²) in [6.07, 6.45) is 7.48. The summed E-state index contributed by atoms with van der Waals surface area (Å²) in [5, 5.41) is 2.92. The Bertz CT molecular complexity index is 455. The van der Waals surface area contributed by atoms with Crippen molar-refractivity contribution in [3.63, 3.8) is 0 Å². The zero-order chi connectivity index (χ0) is 12.5. The molecule has 0 aliphatic carbocycles. The highest BCUT2D eigenvalue weighted by molar-refractivity contribution is 5.90. The molecule has 2 amide bonds. The molecule has 1 aromatic rings. The van der Waals surface area contributed by atoms with E-state index in [2.05, 4.69) is 16.9 Å². The Labute approximate surface area is 107 Å². The van der Waals surface area contributed by atoms with Crippen LogP contribution < -0.4 is 5.32 Å². The molecule has 3 rings (SSSR count). The maximum absolute atomic E-state index is 12.3. The first kappa shape index (κ1) is 11.3. The third-order valence-corrected chi connectivity index (χ3v) is 3.82. The van der Waals surface area contributed by atoms with Gasteiger partial charge in [-0.1, -0.05) is 12.2 Å². The van der Waals surface area contributed by atoms with E-state index in [0.717, 1.165) is 31.4 Å². The zero-order valence-corrected chi connectivity index (χ0v) is 10.3. The average Bonchev–Trinajstić information content (AvgIpc) is 2.63. The fourth-order valence-electron chi connectivity index (χ4n) is 3.07. The maximum atomic E-state index is 12.3. The van der Waals surface area contributed by atoms with Crippen molar-refractivity contribution in [3.05, 3.63) is 36.7 Å². The van der Waals surface area contributed by atoms with Gasteiger partial charge in [0.05, 0.1) is 11.9 Å². The van der Waals surface area contributed by atoms with Crippen LogP contribution in [-0.4, -0.2) is 28.0 Å². The minimum atomic E-state index is 0.00278. The molecule has 94 valence electrons. The number of hydrogen-bond donors (Lipinski definition) is 1. The molecular formula is C14H17N3O. The Hall–Kier alpha value is -1.84. The standard InChI is InChI=1S/C14H17N3O/c1-10-7-12-4-5-13(8-10)17(12)14(18)16-11-3-2-6-15-9-11/h2-3,6,9,12-13H,1,4-5,7-8H2,(H,16,18). The van der Waals surface area contributed by atoms with Crippen molar-refractivity contribution in [3.8, 4) is 0 Å². The highest BCUT2D eigenvalue weighted by Crippen LogP contribution is 2.37. The lowest BCUT2D eigenvalue weighted by atomic mass is 9.99. The topological polar surface area (TPSA) is 45.2 Å². The van der Waals surface area contributed by atoms with Gasteiger partial charge in [0.1, 0.15) is 0 Å². The van der Waals surface area contributed by atoms with Gasteiger partial charge in [0.2, 0.25) is 0 Å². The van der Waals surface area contributed by atoms with Crippen molar-refractivity contribution >= 4 is 11.7 Å². The second-order valence-electron chi connectivity index (χ2n) is 5.12. The number of amides is 2. The lowest BCUT2D eigenvalue weighted by molar-refractivity contribution is 0.174. The quantitative estimate of drug-likeness (QED) is 0.771. The molecule has 1 aromatic heterocycles. The van der Waals surface area contributed by atoms with Gasteiger partial charge in [0.15, 0.2) is 0 Å². The summed E-state index contributed by atoms with van der Waals surface area (Å²) in [6, 6.07) is 4.36. The van der Waals surface area contributed by atoms with Gasteiger partial charge in [0.25, 0.3) is 0 Å². The smallest absolute Gasteiger partial charge is 0.318 e. The number of hydrogen-bond acceptors (Lipinski definition) is 2. The summed E-state index contributed by atoms with van der Waals surface area (Å²) in [4.78, 5) is 18.3. The number of pyridine rings is 1. The van der Waals surface area contributed by atoms with Crippen LogP contribution in [0, 0.1) is 0 Å². The molecule has 2 unspecified atom stereocenters. The van der Waals surface area contributed by atoms with Gasteiger partial charge >= 0.3 is 6.03 Å². The summed E-state index contributed by atoms with van der Waals surface area (Å²) >= 11 is 0. The summed E-state index contributed by atoms with van der Waals surface area (Å²) in [6.45, 7) is 4.06. The van der Waals surface area contributed by atoms with E-state index in [0.29, 0.717) is 12.1 Å². The number of fused-ring (bicyclic) bond motifs is 2. The monoisotopic (exact) mass is 243 g/mol. The highest BCUT2D eigenvalue weighted by Gasteiger charge is 2.40. The van der Waals surface area contributed by atoms with Crippen molar-refractivity contribution in [2.24, 2.45) is 0 Å². The fourth-order valence-corrected chi connectivity index (χ4v) is 3.07. The van der Waals surface area contributed by atoms with Crippen LogP contribution in [0.5, 0.6) is 0 Å². The number of aromatic nitrogens is 1. The largest absolute Gasteiger partial charge is 0.322 e. The molecule has 0 radical (unpaired) electrons. The number of urea groups is 1. The van der Waals surface area contributed by atoms with E-state index in [1.807, 2.05) is 17.0 Å². The molecule has 0 aromatic carbocycles. The van der Waals surface area contributed by atoms with Crippen LogP contribution in [0.2, 0.25) is 0 Å². The van der Waals surface area contributed by atoms with Gasteiger partial charge in [-0.05, 0) is 37.8 Å². The van der Waals surface area contributed by atoms with Crippen LogP contribution in [0.15, 0.2) is 36.7 Å². The number of nitrogens with zero attached hydrogens (tertiary/aromatic N) is 2. The van der Waals surface area contributed by atoms with E-state index in [4.69, 9.17) is 0 Å². The van der Waals surface area contributed by atoms with Gasteiger partial charge in [-0.15, -0.1) is 0 Å². The zero-order valence-electron chi connectivity index (χ0n) is 10.3. The third-order valence-electron chi connectivity index (χ3n) is 3.82. The molecule has 2 aliphatic heterocycles. The van der Waals surface area contributed by atoms with Crippen LogP contribution in [0.4, 0.5) is 10.5 Å². The van der Waals surface area contributed by atoms with Crippen molar-refractivity contribution in [2.75, 3.05) is 5.32 Å². The third kappa shape index (κ3) is 1.98. The van der Waals surface area contributed by atoms with Gasteiger partial charge in [0, 0.05) is 18.3 Å². The highest BCUT2D eigenvalue weighted by atomic mass is 16.2. The van der Waals surface area contributed by atoms with E-state index in [-0.39, 0.29) is 6.03 Å². The first-order valence-corrected chi connectivity index (χ1v) is 6.40. The van der Waals surface area contributed by atoms with Crippen LogP contribution >= 0.6 is 0 Å². The molecule has 0 saturated carbocycles. The summed E-state index contributed by atoms with van der Waals surface area (Å²) in [5.41, 5.74) is 2.04. The molecule has 3 heterocycles. The van der Waals surface area contributed by atoms with Gasteiger partial charge in [-0.25, -0.2) is 4.79 Å². The normalized spacial score (nSPS) is 26.2. The van der Waals surface area contributed by atoms with E-state index >= 15 is 0 Å². The lowest BCUT2D eigenvalue weighted by Gasteiger charge is -2.35. The second-order valence-corrected chi connectivity index (χ2v) is 5.12. The Kier molecular flexibility index (Phi) is 2.78. The van der Waals surface area contributed by atoms with E-state index in [1.165, 1.54) is 5.57 Å². The molecule has 0 spiro atoms. The Morgan fingerprint density at radius 3 is 2.72 bits per heavy atom. The molecule has 2 atom stereocenters. The van der Waals surface area contributed by atoms with E-state index in [9.17, 15) is 4.79 Å². The second kappa shape index (κ2) is 4.44. The summed E-state index contributed by atoms with van der Waals surface area (Å²) in [5.74, 6) is 0.